The highest BCUT2D eigenvalue weighted by atomic mass is 35.5. The van der Waals surface area contributed by atoms with Gasteiger partial charge in [0.05, 0.1) is 11.5 Å². The number of anilines is 1. The molecule has 1 saturated carbocycles. The van der Waals surface area contributed by atoms with Crippen molar-refractivity contribution in [1.82, 2.24) is 9.97 Å². The molecule has 1 aliphatic rings. The summed E-state index contributed by atoms with van der Waals surface area (Å²) < 4.78 is 5.16. The van der Waals surface area contributed by atoms with Gasteiger partial charge in [0.2, 0.25) is 11.1 Å². The number of hydrogen-bond acceptors (Lipinski definition) is 7. The third kappa shape index (κ3) is 3.92. The normalized spacial score (nSPS) is 16.0. The molecule has 8 nitrogen and oxygen atoms in total. The van der Waals surface area contributed by atoms with Crippen molar-refractivity contribution in [1.29, 1.82) is 0 Å². The molecule has 0 bridgehead atoms. The Labute approximate surface area is 145 Å². The van der Waals surface area contributed by atoms with Crippen LogP contribution in [0.2, 0.25) is 5.28 Å². The average molecular weight is 357 g/mol. The van der Waals surface area contributed by atoms with Gasteiger partial charge in [-0.2, -0.15) is 4.98 Å². The van der Waals surface area contributed by atoms with Crippen molar-refractivity contribution in [2.75, 3.05) is 11.5 Å². The molecule has 1 fully saturated rings. The number of nitro groups is 1. The molecule has 132 valence electrons. The molecule has 0 N–H and O–H groups in total. The molecule has 2 rings (SSSR count). The first-order valence-electron chi connectivity index (χ1n) is 8.11. The molecule has 0 aliphatic heterocycles. The van der Waals surface area contributed by atoms with E-state index in [0.29, 0.717) is 6.42 Å². The van der Waals surface area contributed by atoms with Crippen molar-refractivity contribution < 1.29 is 14.5 Å². The predicted octanol–water partition coefficient (Wildman–Crippen LogP) is 3.13. The number of carbonyl (C=O) groups is 1. The van der Waals surface area contributed by atoms with Crippen LogP contribution in [-0.4, -0.2) is 39.6 Å². The second kappa shape index (κ2) is 8.23. The van der Waals surface area contributed by atoms with Crippen LogP contribution in [0.3, 0.4) is 0 Å². The third-order valence-corrected chi connectivity index (χ3v) is 4.34. The summed E-state index contributed by atoms with van der Waals surface area (Å²) in [5.74, 6) is -0.317. The zero-order valence-corrected chi connectivity index (χ0v) is 14.5. The molecule has 24 heavy (non-hydrogen) atoms. The van der Waals surface area contributed by atoms with Crippen molar-refractivity contribution in [3.63, 3.8) is 0 Å². The highest BCUT2D eigenvalue weighted by molar-refractivity contribution is 6.28. The lowest BCUT2D eigenvalue weighted by Crippen LogP contribution is -2.48. The standard InChI is InChI=1S/C15H21ClN4O4/c1-3-11(14(21)24-4-2)19(10-7-5-6-8-10)13-12(20(22)23)9-17-15(16)18-13/h9-11H,3-8H2,1-2H3/t11-/m1/s1. The van der Waals surface area contributed by atoms with Gasteiger partial charge >= 0.3 is 11.7 Å². The maximum absolute atomic E-state index is 12.4. The number of halogens is 1. The summed E-state index contributed by atoms with van der Waals surface area (Å²) in [6, 6.07) is -0.651. The number of ether oxygens (including phenoxy) is 1. The lowest BCUT2D eigenvalue weighted by molar-refractivity contribution is -0.384. The summed E-state index contributed by atoms with van der Waals surface area (Å²) in [7, 11) is 0. The van der Waals surface area contributed by atoms with Crippen LogP contribution in [-0.2, 0) is 9.53 Å². The Bertz CT molecular complexity index is 607. The lowest BCUT2D eigenvalue weighted by atomic mass is 10.1. The van der Waals surface area contributed by atoms with E-state index in [-0.39, 0.29) is 29.4 Å². The van der Waals surface area contributed by atoms with E-state index < -0.39 is 16.9 Å². The van der Waals surface area contributed by atoms with Crippen molar-refractivity contribution in [2.45, 2.75) is 58.0 Å². The first-order chi connectivity index (χ1) is 11.5. The van der Waals surface area contributed by atoms with Gasteiger partial charge in [0.25, 0.3) is 0 Å². The monoisotopic (exact) mass is 356 g/mol. The molecule has 0 saturated heterocycles. The summed E-state index contributed by atoms with van der Waals surface area (Å²) >= 11 is 5.87. The average Bonchev–Trinajstić information content (AvgIpc) is 3.06. The van der Waals surface area contributed by atoms with E-state index in [1.165, 1.54) is 0 Å². The van der Waals surface area contributed by atoms with E-state index in [0.717, 1.165) is 31.9 Å². The topological polar surface area (TPSA) is 98.5 Å². The van der Waals surface area contributed by atoms with Gasteiger partial charge in [0.1, 0.15) is 12.2 Å². The van der Waals surface area contributed by atoms with E-state index >= 15 is 0 Å². The maximum Gasteiger partial charge on any atom is 0.329 e. The molecule has 1 heterocycles. The molecule has 0 unspecified atom stereocenters. The van der Waals surface area contributed by atoms with Gasteiger partial charge in [-0.1, -0.05) is 19.8 Å². The van der Waals surface area contributed by atoms with E-state index in [4.69, 9.17) is 16.3 Å². The molecule has 1 aromatic rings. The van der Waals surface area contributed by atoms with Gasteiger partial charge in [-0.15, -0.1) is 0 Å². The molecular formula is C15H21ClN4O4. The van der Waals surface area contributed by atoms with E-state index in [9.17, 15) is 14.9 Å². The van der Waals surface area contributed by atoms with Gasteiger partial charge in [0.15, 0.2) is 0 Å². The largest absolute Gasteiger partial charge is 0.464 e. The summed E-state index contributed by atoms with van der Waals surface area (Å²) in [5.41, 5.74) is -0.256. The smallest absolute Gasteiger partial charge is 0.329 e. The zero-order chi connectivity index (χ0) is 17.7. The van der Waals surface area contributed by atoms with Gasteiger partial charge < -0.3 is 9.64 Å². The number of carbonyl (C=O) groups excluding carboxylic acids is 1. The number of nitrogens with zero attached hydrogens (tertiary/aromatic N) is 4. The minimum absolute atomic E-state index is 0.0102. The van der Waals surface area contributed by atoms with E-state index in [2.05, 4.69) is 9.97 Å². The SMILES string of the molecule is CCOC(=O)[C@@H](CC)N(c1nc(Cl)ncc1[N+](=O)[O-])C1CCCC1. The van der Waals surface area contributed by atoms with Crippen molar-refractivity contribution in [3.8, 4) is 0 Å². The quantitative estimate of drug-likeness (QED) is 0.320. The highest BCUT2D eigenvalue weighted by Gasteiger charge is 2.38. The summed E-state index contributed by atoms with van der Waals surface area (Å²) in [6.45, 7) is 3.83. The predicted molar refractivity (Wildman–Crippen MR) is 89.1 cm³/mol. The molecule has 0 amide bonds. The van der Waals surface area contributed by atoms with Crippen molar-refractivity contribution in [2.24, 2.45) is 0 Å². The van der Waals surface area contributed by atoms with Gasteiger partial charge in [-0.05, 0) is 37.8 Å². The van der Waals surface area contributed by atoms with Crippen LogP contribution in [0.15, 0.2) is 6.20 Å². The summed E-state index contributed by atoms with van der Waals surface area (Å²) in [6.07, 6.45) is 5.24. The van der Waals surface area contributed by atoms with Gasteiger partial charge in [-0.25, -0.2) is 9.78 Å². The Morgan fingerprint density at radius 2 is 2.17 bits per heavy atom. The first-order valence-corrected chi connectivity index (χ1v) is 8.49. The second-order valence-electron chi connectivity index (χ2n) is 5.63. The Kier molecular flexibility index (Phi) is 6.30. The molecule has 0 radical (unpaired) electrons. The highest BCUT2D eigenvalue weighted by Crippen LogP contribution is 2.35. The first kappa shape index (κ1) is 18.4. The fourth-order valence-corrected chi connectivity index (χ4v) is 3.27. The van der Waals surface area contributed by atoms with Crippen molar-refractivity contribution in [3.05, 3.63) is 21.6 Å². The molecule has 1 aromatic heterocycles. The molecule has 0 spiro atoms. The Morgan fingerprint density at radius 1 is 1.50 bits per heavy atom. The number of aromatic nitrogens is 2. The van der Waals surface area contributed by atoms with E-state index in [1.807, 2.05) is 6.92 Å². The molecule has 1 atom stereocenters. The van der Waals surface area contributed by atoms with Crippen LogP contribution in [0, 0.1) is 10.1 Å². The maximum atomic E-state index is 12.4. The molecule has 0 aromatic carbocycles. The minimum Gasteiger partial charge on any atom is -0.464 e. The van der Waals surface area contributed by atoms with Crippen LogP contribution in [0.4, 0.5) is 11.5 Å². The van der Waals surface area contributed by atoms with Crippen molar-refractivity contribution >= 4 is 29.1 Å². The Hall–Kier alpha value is -1.96. The van der Waals surface area contributed by atoms with Crippen LogP contribution in [0.5, 0.6) is 0 Å². The van der Waals surface area contributed by atoms with Gasteiger partial charge in [-0.3, -0.25) is 10.1 Å². The van der Waals surface area contributed by atoms with Crippen LogP contribution < -0.4 is 4.90 Å². The van der Waals surface area contributed by atoms with E-state index in [1.54, 1.807) is 11.8 Å². The van der Waals surface area contributed by atoms with Crippen LogP contribution in [0.25, 0.3) is 0 Å². The molecule has 1 aliphatic carbocycles. The minimum atomic E-state index is -0.641. The third-order valence-electron chi connectivity index (χ3n) is 4.16. The zero-order valence-electron chi connectivity index (χ0n) is 13.8. The Balaban J connectivity index is 2.52. The fourth-order valence-electron chi connectivity index (χ4n) is 3.14. The van der Waals surface area contributed by atoms with Gasteiger partial charge in [0, 0.05) is 6.04 Å². The number of rotatable bonds is 7. The fraction of sp³-hybridized carbons (Fsp3) is 0.667. The molecule has 9 heteroatoms. The van der Waals surface area contributed by atoms with Crippen LogP contribution >= 0.6 is 11.6 Å². The summed E-state index contributed by atoms with van der Waals surface area (Å²) in [5, 5.41) is 11.3. The summed E-state index contributed by atoms with van der Waals surface area (Å²) in [4.78, 5) is 32.8. The Morgan fingerprint density at radius 3 is 2.71 bits per heavy atom. The lowest BCUT2D eigenvalue weighted by Gasteiger charge is -2.35. The second-order valence-corrected chi connectivity index (χ2v) is 5.96. The molecular weight excluding hydrogens is 336 g/mol. The number of esters is 1. The number of hydrogen-bond donors (Lipinski definition) is 0. The van der Waals surface area contributed by atoms with Crippen LogP contribution in [0.1, 0.15) is 46.0 Å².